The van der Waals surface area contributed by atoms with Gasteiger partial charge in [0, 0.05) is 6.42 Å². The van der Waals surface area contributed by atoms with Crippen LogP contribution in [0.1, 0.15) is 0 Å². The van der Waals surface area contributed by atoms with Gasteiger partial charge < -0.3 is 5.32 Å². The molecule has 1 rings (SSSR count). The van der Waals surface area contributed by atoms with Crippen molar-refractivity contribution >= 4 is 18.6 Å². The second-order valence-electron chi connectivity index (χ2n) is 1.48. The maximum absolute atomic E-state index is 4.89. The third-order valence-corrected chi connectivity index (χ3v) is 0.556. The van der Waals surface area contributed by atoms with Gasteiger partial charge in [0.2, 0.25) is 0 Å². The van der Waals surface area contributed by atoms with Gasteiger partial charge in [0.1, 0.15) is 0 Å². The van der Waals surface area contributed by atoms with Crippen molar-refractivity contribution in [3.63, 3.8) is 0 Å². The summed E-state index contributed by atoms with van der Waals surface area (Å²) in [6.45, 7) is 0. The van der Waals surface area contributed by atoms with Gasteiger partial charge in [-0.25, -0.2) is 0 Å². The summed E-state index contributed by atoms with van der Waals surface area (Å²) in [4.78, 5) is 0. The number of hydrogen-bond donors (Lipinski definition) is 0. The minimum absolute atomic E-state index is 0.556. The Balaban J connectivity index is 0. The van der Waals surface area contributed by atoms with E-state index in [1.807, 2.05) is 30.7 Å². The van der Waals surface area contributed by atoms with E-state index in [0.29, 0.717) is 0 Å². The van der Waals surface area contributed by atoms with Gasteiger partial charge in [0.05, 0.1) is 0 Å². The second kappa shape index (κ2) is 17.0. The van der Waals surface area contributed by atoms with E-state index in [1.54, 1.807) is 14.1 Å². The van der Waals surface area contributed by atoms with Gasteiger partial charge in [-0.1, -0.05) is 24.3 Å². The van der Waals surface area contributed by atoms with Crippen molar-refractivity contribution in [1.82, 2.24) is 0 Å². The zero-order valence-corrected chi connectivity index (χ0v) is 9.66. The topological polar surface area (TPSA) is 14.1 Å². The summed E-state index contributed by atoms with van der Waals surface area (Å²) in [5.41, 5.74) is 0. The minimum atomic E-state index is -0.556. The van der Waals surface area contributed by atoms with Crippen LogP contribution in [0.3, 0.4) is 0 Å². The van der Waals surface area contributed by atoms with E-state index in [2.05, 4.69) is 5.32 Å². The Hall–Kier alpha value is 0.734. The Morgan fingerprint density at radius 2 is 1.27 bits per heavy atom. The summed E-state index contributed by atoms with van der Waals surface area (Å²) >= 11 is -0.556. The summed E-state index contributed by atoms with van der Waals surface area (Å²) in [7, 11) is 13.3. The summed E-state index contributed by atoms with van der Waals surface area (Å²) < 4.78 is 0. The first-order valence-corrected chi connectivity index (χ1v) is 7.24. The van der Waals surface area contributed by atoms with Gasteiger partial charge in [-0.15, -0.1) is 0 Å². The van der Waals surface area contributed by atoms with Crippen LogP contribution in [0.5, 0.6) is 0 Å². The molecule has 4 heteroatoms. The van der Waals surface area contributed by atoms with Crippen molar-refractivity contribution in [3.8, 4) is 0 Å². The zero-order chi connectivity index (χ0) is 8.95. The standard InChI is InChI=1S/C5H5.C2H6N.2ClH.Ti/c1-2-4-5-3-1;1-3-2;;;/h1-5H;1-2H3;2*1H;/q;-1;;;+2/p-2. The van der Waals surface area contributed by atoms with Crippen molar-refractivity contribution in [1.29, 1.82) is 0 Å². The van der Waals surface area contributed by atoms with Crippen LogP contribution in [0.15, 0.2) is 24.3 Å². The third-order valence-electron chi connectivity index (χ3n) is 0.556. The van der Waals surface area contributed by atoms with Crippen molar-refractivity contribution in [2.75, 3.05) is 14.1 Å². The molecule has 0 saturated carbocycles. The van der Waals surface area contributed by atoms with Crippen molar-refractivity contribution in [3.05, 3.63) is 36.0 Å². The van der Waals surface area contributed by atoms with Gasteiger partial charge in [0.15, 0.2) is 0 Å². The molecule has 1 nitrogen and oxygen atoms in total. The molecular weight excluding hydrogens is 217 g/mol. The molecule has 0 bridgehead atoms. The molecule has 1 radical (unpaired) electrons. The average Bonchev–Trinajstić information content (AvgIpc) is 2.44. The summed E-state index contributed by atoms with van der Waals surface area (Å²) in [6, 6.07) is 0. The Labute approximate surface area is 85.5 Å². The van der Waals surface area contributed by atoms with E-state index < -0.39 is 17.0 Å². The van der Waals surface area contributed by atoms with Crippen LogP contribution in [0.2, 0.25) is 0 Å². The number of rotatable bonds is 0. The number of nitrogens with zero attached hydrogens (tertiary/aromatic N) is 1. The Kier molecular flexibility index (Phi) is 22.1. The Morgan fingerprint density at radius 3 is 1.36 bits per heavy atom. The quantitative estimate of drug-likeness (QED) is 0.564. The molecule has 0 fully saturated rings. The predicted octanol–water partition coefficient (Wildman–Crippen LogP) is 3.31. The summed E-state index contributed by atoms with van der Waals surface area (Å²) in [5.74, 6) is 0. The molecule has 63 valence electrons. The molecule has 1 aliphatic carbocycles. The van der Waals surface area contributed by atoms with Gasteiger partial charge in [-0.3, -0.25) is 0 Å². The van der Waals surface area contributed by atoms with Crippen LogP contribution in [0, 0.1) is 6.42 Å². The van der Waals surface area contributed by atoms with Gasteiger partial charge in [0.25, 0.3) is 0 Å². The molecular formula is C7H11Cl2NTi-. The maximum atomic E-state index is 4.89. The second-order valence-corrected chi connectivity index (χ2v) is 4.06. The fourth-order valence-corrected chi connectivity index (χ4v) is 0.321. The van der Waals surface area contributed by atoms with E-state index in [4.69, 9.17) is 18.6 Å². The summed E-state index contributed by atoms with van der Waals surface area (Å²) in [5, 5.41) is 3.50. The first-order valence-electron chi connectivity index (χ1n) is 2.94. The molecule has 0 aromatic carbocycles. The normalized spacial score (nSPS) is 10.9. The fraction of sp³-hybridized carbons (Fsp3) is 0.286. The average molecular weight is 228 g/mol. The van der Waals surface area contributed by atoms with E-state index in [1.165, 1.54) is 0 Å². The molecule has 0 spiro atoms. The molecule has 0 N–H and O–H groups in total. The number of hydrogen-bond acceptors (Lipinski definition) is 0. The van der Waals surface area contributed by atoms with Crippen molar-refractivity contribution in [2.45, 2.75) is 0 Å². The van der Waals surface area contributed by atoms with Crippen LogP contribution >= 0.6 is 18.6 Å². The van der Waals surface area contributed by atoms with Crippen LogP contribution in [-0.4, -0.2) is 14.1 Å². The monoisotopic (exact) mass is 227 g/mol. The Bertz CT molecular complexity index is 92.6. The van der Waals surface area contributed by atoms with Crippen LogP contribution in [-0.2, 0) is 17.0 Å². The molecule has 1 aliphatic rings. The molecule has 0 aliphatic heterocycles. The van der Waals surface area contributed by atoms with Gasteiger partial charge >= 0.3 is 35.6 Å². The molecule has 0 amide bonds. The van der Waals surface area contributed by atoms with E-state index in [-0.39, 0.29) is 0 Å². The fourth-order valence-electron chi connectivity index (χ4n) is 0.321. The van der Waals surface area contributed by atoms with Crippen LogP contribution in [0.4, 0.5) is 0 Å². The SMILES string of the molecule is C[N-]C.[CH]1C=CC=C1.[Cl][Ti][Cl]. The molecule has 0 atom stereocenters. The zero-order valence-electron chi connectivity index (χ0n) is 6.59. The first-order chi connectivity index (χ1) is 5.33. The molecule has 0 unspecified atom stereocenters. The molecule has 0 heterocycles. The van der Waals surface area contributed by atoms with E-state index in [0.717, 1.165) is 0 Å². The Morgan fingerprint density at radius 1 is 1.00 bits per heavy atom. The van der Waals surface area contributed by atoms with Gasteiger partial charge in [-0.2, -0.15) is 14.1 Å². The predicted molar refractivity (Wildman–Crippen MR) is 49.5 cm³/mol. The first kappa shape index (κ1) is 14.3. The van der Waals surface area contributed by atoms with E-state index >= 15 is 0 Å². The van der Waals surface area contributed by atoms with E-state index in [9.17, 15) is 0 Å². The van der Waals surface area contributed by atoms with Crippen molar-refractivity contribution < 1.29 is 17.0 Å². The molecule has 0 aromatic heterocycles. The third kappa shape index (κ3) is 24.9. The van der Waals surface area contributed by atoms with Crippen LogP contribution < -0.4 is 0 Å². The molecule has 0 aromatic rings. The summed E-state index contributed by atoms with van der Waals surface area (Å²) in [6.07, 6.45) is 10.0. The molecule has 11 heavy (non-hydrogen) atoms. The molecule has 0 saturated heterocycles. The van der Waals surface area contributed by atoms with Crippen LogP contribution in [0.25, 0.3) is 5.32 Å². The number of halogens is 2. The van der Waals surface area contributed by atoms with Crippen molar-refractivity contribution in [2.24, 2.45) is 0 Å². The van der Waals surface area contributed by atoms with Gasteiger partial charge in [-0.05, 0) is 0 Å². The number of allylic oxidation sites excluding steroid dienone is 4.